The standard InChI is InChI=1S/C21H19N5O2/c27-13-7-8-16-17(10-13)25-20(24-16)18-19(23-12-4-3-9-22-11-12)14-5-1-2-6-15(14)26-21(18)28/h1-2,5-8,10-12,27H,3-4,9H2,(H,24,25)(H2,23,26,28). The first-order valence-electron chi connectivity index (χ1n) is 9.30. The highest BCUT2D eigenvalue weighted by Gasteiger charge is 2.20. The quantitative estimate of drug-likeness (QED) is 0.441. The van der Waals surface area contributed by atoms with Gasteiger partial charge in [0.15, 0.2) is 0 Å². The van der Waals surface area contributed by atoms with Crippen molar-refractivity contribution in [2.24, 2.45) is 4.99 Å². The van der Waals surface area contributed by atoms with Gasteiger partial charge in [-0.15, -0.1) is 0 Å². The predicted octanol–water partition coefficient (Wildman–Crippen LogP) is 3.42. The van der Waals surface area contributed by atoms with Crippen molar-refractivity contribution in [1.82, 2.24) is 15.0 Å². The van der Waals surface area contributed by atoms with Crippen molar-refractivity contribution in [3.63, 3.8) is 0 Å². The van der Waals surface area contributed by atoms with Crippen LogP contribution in [0.4, 0.5) is 5.69 Å². The fraction of sp³-hybridized carbons (Fsp3) is 0.190. The van der Waals surface area contributed by atoms with Gasteiger partial charge in [-0.25, -0.2) is 4.98 Å². The average molecular weight is 373 g/mol. The van der Waals surface area contributed by atoms with E-state index < -0.39 is 0 Å². The molecule has 7 nitrogen and oxygen atoms in total. The average Bonchev–Trinajstić information content (AvgIpc) is 3.11. The number of fused-ring (bicyclic) bond motifs is 2. The number of nitrogens with one attached hydrogen (secondary N) is 3. The number of phenolic OH excluding ortho intramolecular Hbond substituents is 1. The van der Waals surface area contributed by atoms with E-state index in [4.69, 9.17) is 0 Å². The molecule has 0 bridgehead atoms. The summed E-state index contributed by atoms with van der Waals surface area (Å²) in [6.07, 6.45) is 3.88. The molecule has 140 valence electrons. The Balaban J connectivity index is 1.75. The Hall–Kier alpha value is -3.61. The molecule has 0 aliphatic carbocycles. The van der Waals surface area contributed by atoms with Gasteiger partial charge in [-0.1, -0.05) is 18.2 Å². The summed E-state index contributed by atoms with van der Waals surface area (Å²) >= 11 is 0. The van der Waals surface area contributed by atoms with Crippen LogP contribution in [-0.2, 0) is 0 Å². The number of imidazole rings is 1. The second-order valence-electron chi connectivity index (χ2n) is 6.98. The van der Waals surface area contributed by atoms with E-state index in [-0.39, 0.29) is 17.4 Å². The molecule has 7 heteroatoms. The number of anilines is 1. The van der Waals surface area contributed by atoms with Crippen LogP contribution in [0.1, 0.15) is 12.8 Å². The summed E-state index contributed by atoms with van der Waals surface area (Å²) in [5, 5.41) is 14.2. The fourth-order valence-corrected chi connectivity index (χ4v) is 3.71. The Labute approximate surface area is 160 Å². The molecule has 0 fully saturated rings. The second kappa shape index (κ2) is 6.53. The molecule has 1 atom stereocenters. The van der Waals surface area contributed by atoms with Crippen LogP contribution in [0.2, 0.25) is 0 Å². The van der Waals surface area contributed by atoms with Gasteiger partial charge < -0.3 is 20.4 Å². The van der Waals surface area contributed by atoms with Crippen molar-refractivity contribution >= 4 is 33.8 Å². The molecule has 1 aliphatic rings. The number of aromatic hydroxyl groups is 1. The Bertz CT molecular complexity index is 1270. The highest BCUT2D eigenvalue weighted by atomic mass is 16.3. The molecule has 0 spiro atoms. The van der Waals surface area contributed by atoms with Gasteiger partial charge in [-0.05, 0) is 31.0 Å². The van der Waals surface area contributed by atoms with Crippen molar-refractivity contribution in [3.05, 3.63) is 52.8 Å². The van der Waals surface area contributed by atoms with Crippen LogP contribution in [0.25, 0.3) is 33.3 Å². The number of aliphatic imine (C=N–C) groups is 1. The maximum Gasteiger partial charge on any atom is 0.261 e. The van der Waals surface area contributed by atoms with Gasteiger partial charge in [0, 0.05) is 24.2 Å². The van der Waals surface area contributed by atoms with Crippen molar-refractivity contribution in [3.8, 4) is 17.1 Å². The normalized spacial score (nSPS) is 16.6. The minimum Gasteiger partial charge on any atom is -0.508 e. The van der Waals surface area contributed by atoms with Crippen LogP contribution < -0.4 is 10.9 Å². The van der Waals surface area contributed by atoms with Crippen molar-refractivity contribution in [2.45, 2.75) is 18.9 Å². The van der Waals surface area contributed by atoms with Crippen LogP contribution in [0, 0.1) is 0 Å². The molecular formula is C21H19N5O2. The Morgan fingerprint density at radius 2 is 2.00 bits per heavy atom. The first-order valence-corrected chi connectivity index (χ1v) is 9.30. The zero-order chi connectivity index (χ0) is 19.1. The number of hydrogen-bond donors (Lipinski definition) is 4. The number of rotatable bonds is 3. The number of phenols is 1. The molecule has 5 rings (SSSR count). The Kier molecular flexibility index (Phi) is 3.86. The van der Waals surface area contributed by atoms with Gasteiger partial charge in [0.05, 0.1) is 28.3 Å². The van der Waals surface area contributed by atoms with Gasteiger partial charge in [-0.2, -0.15) is 0 Å². The van der Waals surface area contributed by atoms with Gasteiger partial charge in [0.1, 0.15) is 17.1 Å². The largest absolute Gasteiger partial charge is 0.508 e. The van der Waals surface area contributed by atoms with Crippen LogP contribution in [-0.4, -0.2) is 38.9 Å². The molecule has 0 radical (unpaired) electrons. The van der Waals surface area contributed by atoms with E-state index in [0.29, 0.717) is 22.4 Å². The lowest BCUT2D eigenvalue weighted by molar-refractivity contribution is 0.476. The number of para-hydroxylation sites is 1. The van der Waals surface area contributed by atoms with Crippen molar-refractivity contribution in [1.29, 1.82) is 0 Å². The van der Waals surface area contributed by atoms with Gasteiger partial charge in [-0.3, -0.25) is 9.79 Å². The maximum absolute atomic E-state index is 13.0. The first kappa shape index (κ1) is 16.6. The number of benzene rings is 2. The molecule has 2 aromatic heterocycles. The minimum absolute atomic E-state index is 0.0612. The topological polar surface area (TPSA) is 106 Å². The fourth-order valence-electron chi connectivity index (χ4n) is 3.71. The number of H-pyrrole nitrogens is 2. The maximum atomic E-state index is 13.0. The number of aromatic amines is 2. The number of aromatic nitrogens is 3. The van der Waals surface area contributed by atoms with E-state index in [9.17, 15) is 9.90 Å². The number of nitrogens with zero attached hydrogens (tertiary/aromatic N) is 2. The number of hydrogen-bond acceptors (Lipinski definition) is 5. The van der Waals surface area contributed by atoms with Crippen LogP contribution in [0.15, 0.2) is 52.3 Å². The third kappa shape index (κ3) is 2.81. The van der Waals surface area contributed by atoms with Crippen molar-refractivity contribution < 1.29 is 5.11 Å². The summed E-state index contributed by atoms with van der Waals surface area (Å²) in [6, 6.07) is 12.7. The molecule has 1 aliphatic heterocycles. The molecule has 0 saturated carbocycles. The summed E-state index contributed by atoms with van der Waals surface area (Å²) < 4.78 is 0. The monoisotopic (exact) mass is 373 g/mol. The molecule has 4 N–H and O–H groups in total. The van der Waals surface area contributed by atoms with Gasteiger partial charge in [0.2, 0.25) is 0 Å². The van der Waals surface area contributed by atoms with E-state index in [2.05, 4.69) is 25.3 Å². The summed E-state index contributed by atoms with van der Waals surface area (Å²) in [7, 11) is 0. The van der Waals surface area contributed by atoms with E-state index in [1.54, 1.807) is 18.2 Å². The SMILES string of the molecule is O=c1[nH]c2ccccc2c(NC2C=NCCC2)c1-c1nc2ccc(O)cc2[nH]1. The van der Waals surface area contributed by atoms with E-state index in [1.807, 2.05) is 30.5 Å². The van der Waals surface area contributed by atoms with E-state index in [0.717, 1.165) is 36.0 Å². The highest BCUT2D eigenvalue weighted by molar-refractivity contribution is 6.00. The van der Waals surface area contributed by atoms with Crippen molar-refractivity contribution in [2.75, 3.05) is 11.9 Å². The predicted molar refractivity (Wildman–Crippen MR) is 111 cm³/mol. The molecule has 4 aromatic rings. The lowest BCUT2D eigenvalue weighted by Gasteiger charge is -2.21. The molecule has 0 amide bonds. The highest BCUT2D eigenvalue weighted by Crippen LogP contribution is 2.32. The van der Waals surface area contributed by atoms with Crippen LogP contribution >= 0.6 is 0 Å². The Morgan fingerprint density at radius 3 is 2.86 bits per heavy atom. The summed E-state index contributed by atoms with van der Waals surface area (Å²) in [5.74, 6) is 0.606. The smallest absolute Gasteiger partial charge is 0.261 e. The van der Waals surface area contributed by atoms with E-state index in [1.165, 1.54) is 0 Å². The van der Waals surface area contributed by atoms with Gasteiger partial charge >= 0.3 is 0 Å². The lowest BCUT2D eigenvalue weighted by Crippen LogP contribution is -2.26. The zero-order valence-electron chi connectivity index (χ0n) is 15.1. The molecule has 28 heavy (non-hydrogen) atoms. The third-order valence-corrected chi connectivity index (χ3v) is 5.04. The summed E-state index contributed by atoms with van der Waals surface area (Å²) in [6.45, 7) is 0.841. The molecule has 0 saturated heterocycles. The second-order valence-corrected chi connectivity index (χ2v) is 6.98. The zero-order valence-corrected chi connectivity index (χ0v) is 15.1. The molecule has 3 heterocycles. The Morgan fingerprint density at radius 1 is 1.11 bits per heavy atom. The molecule has 2 aromatic carbocycles. The molecule has 1 unspecified atom stereocenters. The van der Waals surface area contributed by atoms with Crippen LogP contribution in [0.3, 0.4) is 0 Å². The first-order chi connectivity index (χ1) is 13.7. The molecular weight excluding hydrogens is 354 g/mol. The summed E-state index contributed by atoms with van der Waals surface area (Å²) in [5.41, 5.74) is 3.09. The number of pyridine rings is 1. The minimum atomic E-state index is -0.225. The van der Waals surface area contributed by atoms with E-state index >= 15 is 0 Å². The summed E-state index contributed by atoms with van der Waals surface area (Å²) in [4.78, 5) is 28.1. The van der Waals surface area contributed by atoms with Crippen LogP contribution in [0.5, 0.6) is 5.75 Å². The van der Waals surface area contributed by atoms with Gasteiger partial charge in [0.25, 0.3) is 5.56 Å². The lowest BCUT2D eigenvalue weighted by atomic mass is 10.1. The third-order valence-electron chi connectivity index (χ3n) is 5.04.